The molecule has 3 heteroatoms. The van der Waals surface area contributed by atoms with E-state index in [-0.39, 0.29) is 0 Å². The molecule has 0 radical (unpaired) electrons. The van der Waals surface area contributed by atoms with Crippen molar-refractivity contribution in [3.8, 4) is 0 Å². The molecule has 1 aromatic rings. The van der Waals surface area contributed by atoms with Gasteiger partial charge < -0.3 is 10.3 Å². The number of aromatic nitrogens is 1. The molecule has 2 N–H and O–H groups in total. The Labute approximate surface area is 52.8 Å². The van der Waals surface area contributed by atoms with Crippen LogP contribution in [0, 0.1) is 0 Å². The van der Waals surface area contributed by atoms with Crippen LogP contribution in [-0.2, 0) is 0 Å². The maximum absolute atomic E-state index is 5.48. The van der Waals surface area contributed by atoms with Gasteiger partial charge in [-0.1, -0.05) is 5.16 Å². The molecular formula is C6H8N2O. The van der Waals surface area contributed by atoms with Crippen molar-refractivity contribution >= 4 is 5.82 Å². The molecule has 0 amide bonds. The number of anilines is 1. The van der Waals surface area contributed by atoms with Crippen LogP contribution < -0.4 is 5.73 Å². The van der Waals surface area contributed by atoms with Gasteiger partial charge in [0, 0.05) is 5.56 Å². The lowest BCUT2D eigenvalue weighted by Gasteiger charge is -1.86. The smallest absolute Gasteiger partial charge is 0.170 e. The average molecular weight is 124 g/mol. The second-order valence-electron chi connectivity index (χ2n) is 2.43. The summed E-state index contributed by atoms with van der Waals surface area (Å²) in [6.07, 6.45) is 4.13. The first-order valence-corrected chi connectivity index (χ1v) is 3.07. The van der Waals surface area contributed by atoms with Gasteiger partial charge in [0.25, 0.3) is 0 Å². The fourth-order valence-corrected chi connectivity index (χ4v) is 0.953. The first-order chi connectivity index (χ1) is 4.38. The van der Waals surface area contributed by atoms with Crippen LogP contribution in [0.25, 0.3) is 0 Å². The van der Waals surface area contributed by atoms with Crippen LogP contribution in [0.3, 0.4) is 0 Å². The number of rotatable bonds is 1. The molecule has 1 aliphatic carbocycles. The molecule has 0 unspecified atom stereocenters. The second-order valence-corrected chi connectivity index (χ2v) is 2.43. The Morgan fingerprint density at radius 3 is 2.89 bits per heavy atom. The van der Waals surface area contributed by atoms with Crippen molar-refractivity contribution in [2.24, 2.45) is 0 Å². The van der Waals surface area contributed by atoms with E-state index >= 15 is 0 Å². The molecular weight excluding hydrogens is 116 g/mol. The van der Waals surface area contributed by atoms with Crippen molar-refractivity contribution in [1.29, 1.82) is 0 Å². The van der Waals surface area contributed by atoms with Gasteiger partial charge in [-0.05, 0) is 18.8 Å². The number of nitrogens with two attached hydrogens (primary N) is 1. The van der Waals surface area contributed by atoms with Gasteiger partial charge in [0.2, 0.25) is 0 Å². The lowest BCUT2D eigenvalue weighted by Crippen LogP contribution is -1.88. The summed E-state index contributed by atoms with van der Waals surface area (Å²) in [4.78, 5) is 0. The highest BCUT2D eigenvalue weighted by Crippen LogP contribution is 2.42. The quantitative estimate of drug-likeness (QED) is 0.610. The minimum absolute atomic E-state index is 0.567. The minimum Gasteiger partial charge on any atom is -0.381 e. The highest BCUT2D eigenvalue weighted by molar-refractivity contribution is 5.40. The zero-order valence-corrected chi connectivity index (χ0v) is 5.00. The normalized spacial score (nSPS) is 18.2. The van der Waals surface area contributed by atoms with Crippen LogP contribution in [0.5, 0.6) is 0 Å². The summed E-state index contributed by atoms with van der Waals surface area (Å²) in [7, 11) is 0. The Morgan fingerprint density at radius 1 is 1.67 bits per heavy atom. The molecule has 0 spiro atoms. The Bertz CT molecular complexity index is 215. The van der Waals surface area contributed by atoms with E-state index in [1.807, 2.05) is 0 Å². The molecule has 9 heavy (non-hydrogen) atoms. The third kappa shape index (κ3) is 0.686. The fraction of sp³-hybridized carbons (Fsp3) is 0.500. The maximum Gasteiger partial charge on any atom is 0.170 e. The summed E-state index contributed by atoms with van der Waals surface area (Å²) in [6.45, 7) is 0. The summed E-state index contributed by atoms with van der Waals surface area (Å²) < 4.78 is 4.67. The largest absolute Gasteiger partial charge is 0.381 e. The van der Waals surface area contributed by atoms with Crippen molar-refractivity contribution < 1.29 is 4.52 Å². The summed E-state index contributed by atoms with van der Waals surface area (Å²) >= 11 is 0. The van der Waals surface area contributed by atoms with Gasteiger partial charge in [-0.15, -0.1) is 0 Å². The number of hydrogen-bond acceptors (Lipinski definition) is 3. The topological polar surface area (TPSA) is 52.0 Å². The van der Waals surface area contributed by atoms with E-state index in [4.69, 9.17) is 5.73 Å². The molecule has 0 aliphatic heterocycles. The zero-order valence-electron chi connectivity index (χ0n) is 5.00. The number of nitrogens with zero attached hydrogens (tertiary/aromatic N) is 1. The molecule has 1 heterocycles. The average Bonchev–Trinajstić information content (AvgIpc) is 2.58. The maximum atomic E-state index is 5.48. The van der Waals surface area contributed by atoms with E-state index in [9.17, 15) is 0 Å². The predicted molar refractivity (Wildman–Crippen MR) is 32.9 cm³/mol. The monoisotopic (exact) mass is 124 g/mol. The van der Waals surface area contributed by atoms with E-state index in [1.54, 1.807) is 6.26 Å². The summed E-state index contributed by atoms with van der Waals surface area (Å²) in [5, 5.41) is 3.58. The molecule has 0 saturated heterocycles. The third-order valence-corrected chi connectivity index (χ3v) is 1.64. The van der Waals surface area contributed by atoms with E-state index < -0.39 is 0 Å². The molecule has 1 saturated carbocycles. The van der Waals surface area contributed by atoms with Gasteiger partial charge in [-0.25, -0.2) is 0 Å². The Kier molecular flexibility index (Phi) is 0.806. The SMILES string of the molecule is Nc1nocc1C1CC1. The van der Waals surface area contributed by atoms with Crippen LogP contribution in [0.1, 0.15) is 24.3 Å². The molecule has 0 aromatic carbocycles. The third-order valence-electron chi connectivity index (χ3n) is 1.64. The first kappa shape index (κ1) is 4.85. The number of hydrogen-bond donors (Lipinski definition) is 1. The lowest BCUT2D eigenvalue weighted by molar-refractivity contribution is 0.422. The molecule has 1 aromatic heterocycles. The van der Waals surface area contributed by atoms with Gasteiger partial charge in [-0.3, -0.25) is 0 Å². The van der Waals surface area contributed by atoms with Crippen molar-refractivity contribution in [2.75, 3.05) is 5.73 Å². The standard InChI is InChI=1S/C6H8N2O/c7-6-5(3-9-8-6)4-1-2-4/h3-4H,1-2H2,(H2,7,8). The van der Waals surface area contributed by atoms with Gasteiger partial charge >= 0.3 is 0 Å². The summed E-state index contributed by atoms with van der Waals surface area (Å²) in [6, 6.07) is 0. The first-order valence-electron chi connectivity index (χ1n) is 3.07. The van der Waals surface area contributed by atoms with Gasteiger partial charge in [0.15, 0.2) is 5.82 Å². The van der Waals surface area contributed by atoms with E-state index in [2.05, 4.69) is 9.68 Å². The van der Waals surface area contributed by atoms with E-state index in [0.29, 0.717) is 11.7 Å². The molecule has 3 nitrogen and oxygen atoms in total. The Balaban J connectivity index is 2.35. The predicted octanol–water partition coefficient (Wildman–Crippen LogP) is 1.13. The fourth-order valence-electron chi connectivity index (χ4n) is 0.953. The lowest BCUT2D eigenvalue weighted by atomic mass is 10.2. The van der Waals surface area contributed by atoms with Crippen LogP contribution in [0.4, 0.5) is 5.82 Å². The highest BCUT2D eigenvalue weighted by atomic mass is 16.5. The Hall–Kier alpha value is -0.990. The van der Waals surface area contributed by atoms with Gasteiger partial charge in [0.1, 0.15) is 6.26 Å². The van der Waals surface area contributed by atoms with Crippen LogP contribution in [-0.4, -0.2) is 5.16 Å². The van der Waals surface area contributed by atoms with Crippen LogP contribution >= 0.6 is 0 Å². The highest BCUT2D eigenvalue weighted by Gasteiger charge is 2.27. The molecule has 0 atom stereocenters. The summed E-state index contributed by atoms with van der Waals surface area (Å²) in [5.41, 5.74) is 6.57. The van der Waals surface area contributed by atoms with Crippen molar-refractivity contribution in [3.63, 3.8) is 0 Å². The van der Waals surface area contributed by atoms with E-state index in [0.717, 1.165) is 5.56 Å². The van der Waals surface area contributed by atoms with Crippen LogP contribution in [0.2, 0.25) is 0 Å². The Morgan fingerprint density at radius 2 is 2.44 bits per heavy atom. The molecule has 1 fully saturated rings. The zero-order chi connectivity index (χ0) is 6.27. The summed E-state index contributed by atoms with van der Waals surface area (Å²) in [5.74, 6) is 1.22. The molecule has 0 bridgehead atoms. The second kappa shape index (κ2) is 1.50. The molecule has 48 valence electrons. The van der Waals surface area contributed by atoms with Crippen LogP contribution in [0.15, 0.2) is 10.8 Å². The molecule has 2 rings (SSSR count). The van der Waals surface area contributed by atoms with Crippen molar-refractivity contribution in [3.05, 3.63) is 11.8 Å². The van der Waals surface area contributed by atoms with Gasteiger partial charge in [-0.2, -0.15) is 0 Å². The van der Waals surface area contributed by atoms with Crippen molar-refractivity contribution in [1.82, 2.24) is 5.16 Å². The van der Waals surface area contributed by atoms with Gasteiger partial charge in [0.05, 0.1) is 0 Å². The number of nitrogen functional groups attached to an aromatic ring is 1. The minimum atomic E-state index is 0.567. The van der Waals surface area contributed by atoms with E-state index in [1.165, 1.54) is 12.8 Å². The van der Waals surface area contributed by atoms with Crippen molar-refractivity contribution in [2.45, 2.75) is 18.8 Å². The molecule has 1 aliphatic rings.